The molecule has 1 aliphatic rings. The summed E-state index contributed by atoms with van der Waals surface area (Å²) in [6.07, 6.45) is 8.79. The second-order valence-corrected chi connectivity index (χ2v) is 16.4. The van der Waals surface area contributed by atoms with E-state index in [4.69, 9.17) is 4.42 Å². The van der Waals surface area contributed by atoms with Gasteiger partial charge in [-0.05, 0) is 126 Å². The van der Waals surface area contributed by atoms with Crippen molar-refractivity contribution in [3.8, 4) is 22.3 Å². The van der Waals surface area contributed by atoms with E-state index in [1.165, 1.54) is 44.2 Å². The Hall–Kier alpha value is -8.34. The second kappa shape index (κ2) is 15.8. The minimum Gasteiger partial charge on any atom is -0.454 e. The average Bonchev–Trinajstić information content (AvgIpc) is 3.92. The van der Waals surface area contributed by atoms with Gasteiger partial charge in [-0.15, -0.1) is 0 Å². The Morgan fingerprint density at radius 3 is 1.56 bits per heavy atom. The van der Waals surface area contributed by atoms with Crippen LogP contribution in [0.4, 0.5) is 34.1 Å². The Kier molecular flexibility index (Phi) is 9.27. The summed E-state index contributed by atoms with van der Waals surface area (Å²) in [5, 5.41) is 4.75. The van der Waals surface area contributed by atoms with Gasteiger partial charge in [-0.2, -0.15) is 0 Å². The Labute approximate surface area is 372 Å². The fourth-order valence-electron chi connectivity index (χ4n) is 9.58. The number of hydrogen-bond acceptors (Lipinski definition) is 3. The highest BCUT2D eigenvalue weighted by atomic mass is 16.3. The van der Waals surface area contributed by atoms with Crippen LogP contribution in [0.5, 0.6) is 0 Å². The summed E-state index contributed by atoms with van der Waals surface area (Å²) in [6, 6.07) is 78.3. The molecule has 0 spiro atoms. The van der Waals surface area contributed by atoms with Crippen LogP contribution in [0.1, 0.15) is 12.8 Å². The van der Waals surface area contributed by atoms with Crippen molar-refractivity contribution in [2.45, 2.75) is 12.8 Å². The number of fused-ring (bicyclic) bond motifs is 6. The molecule has 0 saturated carbocycles. The lowest BCUT2D eigenvalue weighted by Crippen LogP contribution is -2.10. The van der Waals surface area contributed by atoms with Crippen LogP contribution in [0.2, 0.25) is 0 Å². The number of benzene rings is 9. The molecule has 11 aromatic rings. The van der Waals surface area contributed by atoms with Crippen LogP contribution in [0.3, 0.4) is 0 Å². The number of anilines is 6. The number of furan rings is 1. The number of hydrogen-bond donors (Lipinski definition) is 0. The van der Waals surface area contributed by atoms with Crippen molar-refractivity contribution in [3.63, 3.8) is 0 Å². The standard InChI is InChI=1S/C60H43N3O/c1-4-15-46(16-5-1)61(51-39-40-57-55(41-51)52-21-10-12-24-56(52)63(57)48-19-8-3-9-20-48)49-35-31-44(32-36-49)42-27-29-43(30-28-42)45-33-37-50(38-34-45)62(47-17-6-2-7-18-47)58-25-14-23-54-53-22-11-13-26-59(53)64-60(54)58/h1-8,10-19,21-41H,9,20H2. The van der Waals surface area contributed by atoms with Crippen LogP contribution in [-0.4, -0.2) is 4.57 Å². The summed E-state index contributed by atoms with van der Waals surface area (Å²) < 4.78 is 8.95. The first kappa shape index (κ1) is 37.4. The maximum absolute atomic E-state index is 6.50. The van der Waals surface area contributed by atoms with Gasteiger partial charge in [0.15, 0.2) is 5.58 Å². The summed E-state index contributed by atoms with van der Waals surface area (Å²) in [7, 11) is 0. The van der Waals surface area contributed by atoms with Crippen LogP contribution < -0.4 is 9.80 Å². The predicted octanol–water partition coefficient (Wildman–Crippen LogP) is 17.2. The molecule has 0 N–H and O–H groups in total. The SMILES string of the molecule is C1=CCCC(n2c3ccccc3c3cc(N(c4ccccc4)c4ccc(-c5ccc(-c6ccc(N(c7ccccc7)c7cccc8c7oc7ccccc78)cc6)cc5)cc4)ccc32)=C1. The van der Waals surface area contributed by atoms with E-state index >= 15 is 0 Å². The van der Waals surface area contributed by atoms with Gasteiger partial charge in [0.2, 0.25) is 0 Å². The molecule has 0 radical (unpaired) electrons. The van der Waals surface area contributed by atoms with Crippen molar-refractivity contribution < 1.29 is 4.42 Å². The molecule has 2 heterocycles. The quantitative estimate of drug-likeness (QED) is 0.145. The molecule has 304 valence electrons. The van der Waals surface area contributed by atoms with Gasteiger partial charge in [0, 0.05) is 55.7 Å². The Morgan fingerprint density at radius 1 is 0.391 bits per heavy atom. The maximum atomic E-state index is 6.50. The third-order valence-electron chi connectivity index (χ3n) is 12.6. The van der Waals surface area contributed by atoms with Crippen LogP contribution in [0.15, 0.2) is 241 Å². The molecular formula is C60H43N3O. The molecular weight excluding hydrogens is 779 g/mol. The number of aromatic nitrogens is 1. The van der Waals surface area contributed by atoms with E-state index in [0.717, 1.165) is 74.5 Å². The van der Waals surface area contributed by atoms with E-state index in [1.54, 1.807) is 0 Å². The molecule has 4 heteroatoms. The lowest BCUT2D eigenvalue weighted by Gasteiger charge is -2.26. The van der Waals surface area contributed by atoms with Crippen molar-refractivity contribution >= 4 is 83.6 Å². The van der Waals surface area contributed by atoms with Gasteiger partial charge in [-0.25, -0.2) is 0 Å². The molecule has 0 aliphatic heterocycles. The fourth-order valence-corrected chi connectivity index (χ4v) is 9.58. The van der Waals surface area contributed by atoms with E-state index in [0.29, 0.717) is 0 Å². The lowest BCUT2D eigenvalue weighted by molar-refractivity contribution is 0.669. The van der Waals surface area contributed by atoms with Crippen LogP contribution in [-0.2, 0) is 0 Å². The second-order valence-electron chi connectivity index (χ2n) is 16.4. The molecule has 0 amide bonds. The van der Waals surface area contributed by atoms with Crippen molar-refractivity contribution in [1.29, 1.82) is 0 Å². The molecule has 0 fully saturated rings. The minimum atomic E-state index is 0.875. The van der Waals surface area contributed by atoms with Crippen LogP contribution >= 0.6 is 0 Å². The zero-order chi connectivity index (χ0) is 42.4. The molecule has 0 unspecified atom stereocenters. The average molecular weight is 822 g/mol. The molecule has 2 aromatic heterocycles. The molecule has 64 heavy (non-hydrogen) atoms. The largest absolute Gasteiger partial charge is 0.454 e. The third-order valence-corrected chi connectivity index (χ3v) is 12.6. The van der Waals surface area contributed by atoms with E-state index in [-0.39, 0.29) is 0 Å². The summed E-state index contributed by atoms with van der Waals surface area (Å²) in [4.78, 5) is 4.64. The molecule has 0 bridgehead atoms. The smallest absolute Gasteiger partial charge is 0.159 e. The number of rotatable bonds is 9. The highest BCUT2D eigenvalue weighted by Gasteiger charge is 2.21. The molecule has 12 rings (SSSR count). The highest BCUT2D eigenvalue weighted by Crippen LogP contribution is 2.44. The van der Waals surface area contributed by atoms with Crippen LogP contribution in [0.25, 0.3) is 71.7 Å². The fraction of sp³-hybridized carbons (Fsp3) is 0.0333. The van der Waals surface area contributed by atoms with Gasteiger partial charge >= 0.3 is 0 Å². The zero-order valence-electron chi connectivity index (χ0n) is 35.2. The van der Waals surface area contributed by atoms with Gasteiger partial charge < -0.3 is 18.8 Å². The molecule has 9 aromatic carbocycles. The first-order valence-electron chi connectivity index (χ1n) is 22.1. The van der Waals surface area contributed by atoms with Gasteiger partial charge in [0.1, 0.15) is 5.58 Å². The minimum absolute atomic E-state index is 0.875. The predicted molar refractivity (Wildman–Crippen MR) is 270 cm³/mol. The van der Waals surface area contributed by atoms with Crippen molar-refractivity contribution in [3.05, 3.63) is 237 Å². The zero-order valence-corrected chi connectivity index (χ0v) is 35.2. The summed E-state index contributed by atoms with van der Waals surface area (Å²) in [5.74, 6) is 0. The van der Waals surface area contributed by atoms with E-state index < -0.39 is 0 Å². The van der Waals surface area contributed by atoms with E-state index in [1.807, 2.05) is 12.1 Å². The highest BCUT2D eigenvalue weighted by molar-refractivity contribution is 6.12. The van der Waals surface area contributed by atoms with Gasteiger partial charge in [-0.1, -0.05) is 146 Å². The summed E-state index contributed by atoms with van der Waals surface area (Å²) >= 11 is 0. The first-order valence-corrected chi connectivity index (χ1v) is 22.1. The van der Waals surface area contributed by atoms with Crippen molar-refractivity contribution in [2.75, 3.05) is 9.80 Å². The normalized spacial score (nSPS) is 12.6. The van der Waals surface area contributed by atoms with Crippen LogP contribution in [0, 0.1) is 0 Å². The monoisotopic (exact) mass is 821 g/mol. The molecule has 0 atom stereocenters. The van der Waals surface area contributed by atoms with Gasteiger partial charge in [-0.3, -0.25) is 0 Å². The van der Waals surface area contributed by atoms with E-state index in [9.17, 15) is 0 Å². The number of para-hydroxylation sites is 5. The Balaban J connectivity index is 0.843. The molecule has 1 aliphatic carbocycles. The molecule has 0 saturated heterocycles. The molecule has 4 nitrogen and oxygen atoms in total. The number of allylic oxidation sites excluding steroid dienone is 4. The van der Waals surface area contributed by atoms with E-state index in [2.05, 4.69) is 239 Å². The van der Waals surface area contributed by atoms with Gasteiger partial charge in [0.25, 0.3) is 0 Å². The topological polar surface area (TPSA) is 24.6 Å². The first-order chi connectivity index (χ1) is 31.7. The van der Waals surface area contributed by atoms with Crippen molar-refractivity contribution in [1.82, 2.24) is 4.57 Å². The van der Waals surface area contributed by atoms with Crippen molar-refractivity contribution in [2.24, 2.45) is 0 Å². The van der Waals surface area contributed by atoms with Gasteiger partial charge in [0.05, 0.1) is 16.7 Å². The maximum Gasteiger partial charge on any atom is 0.159 e. The Bertz CT molecular complexity index is 3520. The third kappa shape index (κ3) is 6.56. The summed E-state index contributed by atoms with van der Waals surface area (Å²) in [5.41, 5.74) is 16.7. The summed E-state index contributed by atoms with van der Waals surface area (Å²) in [6.45, 7) is 0. The number of nitrogens with zero attached hydrogens (tertiary/aromatic N) is 3. The Morgan fingerprint density at radius 2 is 0.906 bits per heavy atom. The lowest BCUT2D eigenvalue weighted by atomic mass is 9.99.